The molecule has 2 aromatic rings. The number of ether oxygens (including phenoxy) is 1. The summed E-state index contributed by atoms with van der Waals surface area (Å²) in [5, 5.41) is 10.2. The lowest BCUT2D eigenvalue weighted by Gasteiger charge is -2.44. The maximum absolute atomic E-state index is 12.8. The van der Waals surface area contributed by atoms with Gasteiger partial charge in [0, 0.05) is 47.5 Å². The van der Waals surface area contributed by atoms with Crippen LogP contribution in [0, 0.1) is 5.92 Å². The number of anilines is 1. The third-order valence-electron chi connectivity index (χ3n) is 7.08. The number of nitrogens with one attached hydrogen (secondary N) is 3. The highest BCUT2D eigenvalue weighted by molar-refractivity contribution is 6.30. The molecule has 0 aliphatic carbocycles. The molecule has 3 atom stereocenters. The topological polar surface area (TPSA) is 78.5 Å². The van der Waals surface area contributed by atoms with Gasteiger partial charge in [-0.3, -0.25) is 9.88 Å². The molecule has 2 amide bonds. The molecule has 0 spiro atoms. The number of rotatable bonds is 6. The molecule has 1 unspecified atom stereocenters. The summed E-state index contributed by atoms with van der Waals surface area (Å²) in [6.07, 6.45) is 5.07. The molecule has 0 radical (unpaired) electrons. The van der Waals surface area contributed by atoms with Crippen molar-refractivity contribution in [3.05, 3.63) is 53.3 Å². The molecule has 2 aliphatic heterocycles. The number of aromatic nitrogens is 1. The first-order valence-corrected chi connectivity index (χ1v) is 12.2. The van der Waals surface area contributed by atoms with E-state index in [1.54, 1.807) is 37.6 Å². The monoisotopic (exact) mass is 471 g/mol. The average Bonchev–Trinajstić information content (AvgIpc) is 2.86. The molecule has 3 heterocycles. The quantitative estimate of drug-likeness (QED) is 0.591. The maximum Gasteiger partial charge on any atom is 0.319 e. The van der Waals surface area contributed by atoms with Crippen molar-refractivity contribution in [1.82, 2.24) is 20.5 Å². The van der Waals surface area contributed by atoms with Crippen molar-refractivity contribution in [2.75, 3.05) is 38.6 Å². The van der Waals surface area contributed by atoms with E-state index in [9.17, 15) is 4.79 Å². The Labute approximate surface area is 201 Å². The molecule has 2 saturated heterocycles. The first-order chi connectivity index (χ1) is 16.0. The summed E-state index contributed by atoms with van der Waals surface area (Å²) >= 11 is 5.96. The highest BCUT2D eigenvalue weighted by Crippen LogP contribution is 2.31. The number of halogens is 1. The Bertz CT molecular complexity index is 902. The molecule has 2 aliphatic rings. The van der Waals surface area contributed by atoms with Gasteiger partial charge in [-0.05, 0) is 81.6 Å². The third-order valence-corrected chi connectivity index (χ3v) is 7.33. The number of carbonyl (C=O) groups excluding carboxylic acids is 1. The lowest BCUT2D eigenvalue weighted by molar-refractivity contribution is 0.0885. The van der Waals surface area contributed by atoms with Crippen molar-refractivity contribution < 1.29 is 9.53 Å². The molecule has 0 saturated carbocycles. The van der Waals surface area contributed by atoms with Gasteiger partial charge in [-0.25, -0.2) is 4.79 Å². The molecule has 178 valence electrons. The first-order valence-electron chi connectivity index (χ1n) is 11.8. The van der Waals surface area contributed by atoms with Crippen LogP contribution < -0.4 is 20.7 Å². The molecule has 33 heavy (non-hydrogen) atoms. The molecule has 4 rings (SSSR count). The summed E-state index contributed by atoms with van der Waals surface area (Å²) in [4.78, 5) is 20.1. The summed E-state index contributed by atoms with van der Waals surface area (Å²) in [5.74, 6) is 1.54. The Hall–Kier alpha value is -2.35. The number of amides is 2. The van der Waals surface area contributed by atoms with Crippen molar-refractivity contribution in [2.24, 2.45) is 5.92 Å². The lowest BCUT2D eigenvalue weighted by Crippen LogP contribution is -2.54. The summed E-state index contributed by atoms with van der Waals surface area (Å²) < 4.78 is 5.29. The van der Waals surface area contributed by atoms with Gasteiger partial charge in [0.15, 0.2) is 0 Å². The average molecular weight is 472 g/mol. The van der Waals surface area contributed by atoms with Gasteiger partial charge in [-0.1, -0.05) is 11.6 Å². The van der Waals surface area contributed by atoms with Crippen LogP contribution >= 0.6 is 11.6 Å². The van der Waals surface area contributed by atoms with Crippen LogP contribution in [0.1, 0.15) is 37.8 Å². The first kappa shape index (κ1) is 23.8. The van der Waals surface area contributed by atoms with Gasteiger partial charge in [-0.2, -0.15) is 0 Å². The van der Waals surface area contributed by atoms with Gasteiger partial charge in [0.1, 0.15) is 5.75 Å². The second-order valence-electron chi connectivity index (χ2n) is 9.05. The smallest absolute Gasteiger partial charge is 0.319 e. The lowest BCUT2D eigenvalue weighted by atomic mass is 9.84. The van der Waals surface area contributed by atoms with Gasteiger partial charge in [0.05, 0.1) is 13.3 Å². The minimum Gasteiger partial charge on any atom is -0.495 e. The van der Waals surface area contributed by atoms with Gasteiger partial charge in [0.25, 0.3) is 0 Å². The van der Waals surface area contributed by atoms with E-state index in [1.165, 1.54) is 12.8 Å². The number of pyridine rings is 1. The Morgan fingerprint density at radius 3 is 2.61 bits per heavy atom. The van der Waals surface area contributed by atoms with Crippen LogP contribution in [0.3, 0.4) is 0 Å². The van der Waals surface area contributed by atoms with Crippen LogP contribution in [-0.2, 0) is 0 Å². The second kappa shape index (κ2) is 11.2. The Kier molecular flexibility index (Phi) is 8.06. The van der Waals surface area contributed by atoms with Crippen molar-refractivity contribution in [1.29, 1.82) is 0 Å². The summed E-state index contributed by atoms with van der Waals surface area (Å²) in [6.45, 7) is 6.39. The molecular formula is C25H34ClN5O2. The van der Waals surface area contributed by atoms with Crippen molar-refractivity contribution in [3.8, 4) is 5.75 Å². The fourth-order valence-electron chi connectivity index (χ4n) is 5.04. The van der Waals surface area contributed by atoms with E-state index in [2.05, 4.69) is 32.8 Å². The van der Waals surface area contributed by atoms with Gasteiger partial charge in [0.2, 0.25) is 0 Å². The van der Waals surface area contributed by atoms with E-state index in [0.717, 1.165) is 44.0 Å². The SMILES string of the molecule is COc1ccc([C@@H]2CN(C(C)C3CCNCC3)CC[C@H]2NC(=O)Nc2ccc(Cl)cc2)nc1. The summed E-state index contributed by atoms with van der Waals surface area (Å²) in [7, 11) is 1.64. The predicted octanol–water partition coefficient (Wildman–Crippen LogP) is 4.11. The highest BCUT2D eigenvalue weighted by Gasteiger charge is 2.36. The summed E-state index contributed by atoms with van der Waals surface area (Å²) in [6, 6.07) is 11.4. The van der Waals surface area contributed by atoms with Crippen LogP contribution in [0.15, 0.2) is 42.6 Å². The normalized spacial score (nSPS) is 23.0. The highest BCUT2D eigenvalue weighted by atomic mass is 35.5. The van der Waals surface area contributed by atoms with E-state index in [1.807, 2.05) is 12.1 Å². The number of piperidine rings is 2. The Morgan fingerprint density at radius 1 is 1.18 bits per heavy atom. The van der Waals surface area contributed by atoms with Crippen LogP contribution in [0.2, 0.25) is 5.02 Å². The van der Waals surface area contributed by atoms with E-state index >= 15 is 0 Å². The fraction of sp³-hybridized carbons (Fsp3) is 0.520. The van der Waals surface area contributed by atoms with Crippen LogP contribution in [0.4, 0.5) is 10.5 Å². The second-order valence-corrected chi connectivity index (χ2v) is 9.49. The fourth-order valence-corrected chi connectivity index (χ4v) is 5.17. The van der Waals surface area contributed by atoms with Gasteiger partial charge in [-0.15, -0.1) is 0 Å². The number of likely N-dealkylation sites (tertiary alicyclic amines) is 1. The number of urea groups is 1. The minimum absolute atomic E-state index is 0.00494. The van der Waals surface area contributed by atoms with E-state index in [0.29, 0.717) is 22.7 Å². The third kappa shape index (κ3) is 6.16. The van der Waals surface area contributed by atoms with E-state index in [4.69, 9.17) is 16.3 Å². The van der Waals surface area contributed by atoms with Crippen LogP contribution in [0.25, 0.3) is 0 Å². The number of hydrogen-bond donors (Lipinski definition) is 3. The van der Waals surface area contributed by atoms with Crippen LogP contribution in [-0.4, -0.2) is 61.3 Å². The number of nitrogens with zero attached hydrogens (tertiary/aromatic N) is 2. The van der Waals surface area contributed by atoms with Crippen molar-refractivity contribution in [2.45, 2.75) is 44.2 Å². The molecule has 1 aromatic carbocycles. The molecule has 2 fully saturated rings. The van der Waals surface area contributed by atoms with Crippen molar-refractivity contribution >= 4 is 23.3 Å². The zero-order chi connectivity index (χ0) is 23.2. The summed E-state index contributed by atoms with van der Waals surface area (Å²) in [5.41, 5.74) is 1.70. The van der Waals surface area contributed by atoms with E-state index in [-0.39, 0.29) is 18.0 Å². The zero-order valence-corrected chi connectivity index (χ0v) is 20.1. The maximum atomic E-state index is 12.8. The predicted molar refractivity (Wildman–Crippen MR) is 132 cm³/mol. The number of benzene rings is 1. The van der Waals surface area contributed by atoms with Crippen molar-refractivity contribution in [3.63, 3.8) is 0 Å². The largest absolute Gasteiger partial charge is 0.495 e. The molecule has 8 heteroatoms. The molecule has 1 aromatic heterocycles. The van der Waals surface area contributed by atoms with E-state index < -0.39 is 0 Å². The molecule has 3 N–H and O–H groups in total. The van der Waals surface area contributed by atoms with Gasteiger partial charge >= 0.3 is 6.03 Å². The molecule has 7 nitrogen and oxygen atoms in total. The molecular weight excluding hydrogens is 438 g/mol. The number of carbonyl (C=O) groups is 1. The Morgan fingerprint density at radius 2 is 1.94 bits per heavy atom. The standard InChI is InChI=1S/C25H34ClN5O2/c1-17(18-9-12-27-13-10-18)31-14-11-24(22(16-31)23-8-7-21(33-2)15-28-23)30-25(32)29-20-5-3-19(26)4-6-20/h3-8,15,17-18,22,24,27H,9-14,16H2,1-2H3,(H2,29,30,32)/t17?,22-,24+/m0/s1. The number of methoxy groups -OCH3 is 1. The molecule has 0 bridgehead atoms. The van der Waals surface area contributed by atoms with Gasteiger partial charge < -0.3 is 20.7 Å². The number of hydrogen-bond acceptors (Lipinski definition) is 5. The Balaban J connectivity index is 1.47. The zero-order valence-electron chi connectivity index (χ0n) is 19.4. The van der Waals surface area contributed by atoms with Crippen LogP contribution in [0.5, 0.6) is 5.75 Å². The minimum atomic E-state index is -0.208.